The number of nitrogens with zero attached hydrogens (tertiary/aromatic N) is 4. The lowest BCUT2D eigenvalue weighted by Crippen LogP contribution is -2.21. The molecule has 0 spiro atoms. The summed E-state index contributed by atoms with van der Waals surface area (Å²) in [5.41, 5.74) is 12.9. The number of fused-ring (bicyclic) bond motifs is 1. The lowest BCUT2D eigenvalue weighted by atomic mass is 10.1. The van der Waals surface area contributed by atoms with Gasteiger partial charge in [-0.3, -0.25) is 4.40 Å². The molecule has 22 heavy (non-hydrogen) atoms. The zero-order valence-electron chi connectivity index (χ0n) is 11.1. The van der Waals surface area contributed by atoms with Gasteiger partial charge in [0.05, 0.1) is 17.6 Å². The molecule has 3 rings (SSSR count). The number of rotatable bonds is 3. The molecule has 0 aliphatic carbocycles. The fourth-order valence-corrected chi connectivity index (χ4v) is 3.08. The third kappa shape index (κ3) is 2.92. The van der Waals surface area contributed by atoms with Gasteiger partial charge < -0.3 is 11.5 Å². The summed E-state index contributed by atoms with van der Waals surface area (Å²) in [7, 11) is 0. The van der Waals surface area contributed by atoms with Crippen molar-refractivity contribution in [3.8, 4) is 11.3 Å². The number of nitrogens with two attached hydrogens (primary N) is 2. The van der Waals surface area contributed by atoms with Crippen molar-refractivity contribution in [3.05, 3.63) is 45.5 Å². The normalized spacial score (nSPS) is 11.4. The lowest BCUT2D eigenvalue weighted by Gasteiger charge is -1.99. The van der Waals surface area contributed by atoms with Crippen LogP contribution in [0.1, 0.15) is 5.69 Å². The monoisotopic (exact) mass is 352 g/mol. The van der Waals surface area contributed by atoms with Gasteiger partial charge >= 0.3 is 0 Å². The smallest absolute Gasteiger partial charge is 0.211 e. The predicted molar refractivity (Wildman–Crippen MR) is 91.9 cm³/mol. The van der Waals surface area contributed by atoms with Crippen LogP contribution >= 0.6 is 34.5 Å². The standard InChI is InChI=1S/C13H10Cl2N6S/c14-8-3-1-7(2-4-8)11-9(5-18-20-12(16)17)21-6-10(15)22-13(21)19-11/h1-6H,(H4,16,17,20)/b18-5-. The molecule has 9 heteroatoms. The first kappa shape index (κ1) is 14.8. The van der Waals surface area contributed by atoms with E-state index in [2.05, 4.69) is 15.2 Å². The number of thiazole rings is 1. The zero-order valence-corrected chi connectivity index (χ0v) is 13.4. The van der Waals surface area contributed by atoms with Crippen LogP contribution in [-0.2, 0) is 0 Å². The van der Waals surface area contributed by atoms with Crippen molar-refractivity contribution < 1.29 is 0 Å². The molecule has 0 saturated carbocycles. The maximum atomic E-state index is 6.03. The van der Waals surface area contributed by atoms with E-state index < -0.39 is 0 Å². The molecule has 0 saturated heterocycles. The van der Waals surface area contributed by atoms with Crippen molar-refractivity contribution in [1.29, 1.82) is 0 Å². The van der Waals surface area contributed by atoms with Crippen LogP contribution in [-0.4, -0.2) is 21.6 Å². The predicted octanol–water partition coefficient (Wildman–Crippen LogP) is 2.98. The van der Waals surface area contributed by atoms with E-state index >= 15 is 0 Å². The molecule has 4 N–H and O–H groups in total. The highest BCUT2D eigenvalue weighted by Gasteiger charge is 2.15. The Kier molecular flexibility index (Phi) is 4.02. The van der Waals surface area contributed by atoms with Gasteiger partial charge in [0.1, 0.15) is 4.34 Å². The number of aromatic nitrogens is 2. The molecule has 0 atom stereocenters. The molecule has 0 unspecified atom stereocenters. The van der Waals surface area contributed by atoms with Crippen molar-refractivity contribution >= 4 is 51.7 Å². The molecular weight excluding hydrogens is 343 g/mol. The Morgan fingerprint density at radius 1 is 1.23 bits per heavy atom. The van der Waals surface area contributed by atoms with Crippen molar-refractivity contribution in [2.24, 2.45) is 21.7 Å². The van der Waals surface area contributed by atoms with Crippen LogP contribution in [0, 0.1) is 0 Å². The quantitative estimate of drug-likeness (QED) is 0.431. The largest absolute Gasteiger partial charge is 0.369 e. The lowest BCUT2D eigenvalue weighted by molar-refractivity contribution is 1.18. The summed E-state index contributed by atoms with van der Waals surface area (Å²) in [6.45, 7) is 0. The van der Waals surface area contributed by atoms with E-state index in [0.29, 0.717) is 9.36 Å². The topological polar surface area (TPSA) is 94.1 Å². The fraction of sp³-hybridized carbons (Fsp3) is 0. The molecule has 6 nitrogen and oxygen atoms in total. The molecule has 0 fully saturated rings. The Hall–Kier alpha value is -2.09. The Balaban J connectivity index is 2.16. The fourth-order valence-electron chi connectivity index (χ4n) is 1.93. The van der Waals surface area contributed by atoms with E-state index in [1.54, 1.807) is 18.3 Å². The molecule has 2 aromatic heterocycles. The number of hydrogen-bond acceptors (Lipinski definition) is 4. The minimum Gasteiger partial charge on any atom is -0.369 e. The highest BCUT2D eigenvalue weighted by atomic mass is 35.5. The van der Waals surface area contributed by atoms with E-state index in [9.17, 15) is 0 Å². The summed E-state index contributed by atoms with van der Waals surface area (Å²) in [5, 5.41) is 8.13. The maximum Gasteiger partial charge on any atom is 0.211 e. The van der Waals surface area contributed by atoms with Gasteiger partial charge in [-0.05, 0) is 12.1 Å². The second kappa shape index (κ2) is 5.96. The second-order valence-electron chi connectivity index (χ2n) is 4.31. The summed E-state index contributed by atoms with van der Waals surface area (Å²) in [5.74, 6) is -0.117. The third-order valence-corrected chi connectivity index (χ3v) is 4.16. The van der Waals surface area contributed by atoms with Gasteiger partial charge in [-0.1, -0.05) is 46.7 Å². The summed E-state index contributed by atoms with van der Waals surface area (Å²) in [4.78, 5) is 5.33. The number of halogens is 2. The number of guanidine groups is 1. The average Bonchev–Trinajstić information content (AvgIpc) is 2.97. The summed E-state index contributed by atoms with van der Waals surface area (Å²) >= 11 is 13.3. The molecule has 0 amide bonds. The van der Waals surface area contributed by atoms with Gasteiger partial charge in [0, 0.05) is 16.8 Å². The number of imidazole rings is 1. The second-order valence-corrected chi connectivity index (χ2v) is 6.39. The van der Waals surface area contributed by atoms with Crippen molar-refractivity contribution in [2.45, 2.75) is 0 Å². The van der Waals surface area contributed by atoms with Crippen molar-refractivity contribution in [2.75, 3.05) is 0 Å². The van der Waals surface area contributed by atoms with Crippen LogP contribution in [0.3, 0.4) is 0 Å². The Morgan fingerprint density at radius 3 is 2.64 bits per heavy atom. The van der Waals surface area contributed by atoms with E-state index in [1.165, 1.54) is 17.6 Å². The maximum absolute atomic E-state index is 6.03. The first-order valence-corrected chi connectivity index (χ1v) is 7.67. The molecule has 3 aromatic rings. The molecule has 0 aliphatic heterocycles. The molecule has 0 aliphatic rings. The first-order valence-electron chi connectivity index (χ1n) is 6.10. The van der Waals surface area contributed by atoms with Crippen LogP contribution in [0.2, 0.25) is 9.36 Å². The van der Waals surface area contributed by atoms with Gasteiger partial charge in [0.2, 0.25) is 5.96 Å². The number of benzene rings is 1. The highest BCUT2D eigenvalue weighted by molar-refractivity contribution is 7.20. The van der Waals surface area contributed by atoms with E-state index in [0.717, 1.165) is 21.9 Å². The summed E-state index contributed by atoms with van der Waals surface area (Å²) in [6, 6.07) is 7.37. The molecule has 2 heterocycles. The van der Waals surface area contributed by atoms with Gasteiger partial charge in [-0.2, -0.15) is 5.10 Å². The van der Waals surface area contributed by atoms with Crippen LogP contribution in [0.5, 0.6) is 0 Å². The van der Waals surface area contributed by atoms with E-state index in [-0.39, 0.29) is 5.96 Å². The van der Waals surface area contributed by atoms with Crippen molar-refractivity contribution in [3.63, 3.8) is 0 Å². The number of hydrogen-bond donors (Lipinski definition) is 2. The molecule has 1 aromatic carbocycles. The minimum atomic E-state index is -0.117. The summed E-state index contributed by atoms with van der Waals surface area (Å²) < 4.78 is 2.46. The van der Waals surface area contributed by atoms with Gasteiger partial charge in [-0.15, -0.1) is 5.10 Å². The van der Waals surface area contributed by atoms with Gasteiger partial charge in [-0.25, -0.2) is 4.98 Å². The van der Waals surface area contributed by atoms with E-state index in [1.807, 2.05) is 16.5 Å². The van der Waals surface area contributed by atoms with Crippen LogP contribution in [0.25, 0.3) is 16.2 Å². The van der Waals surface area contributed by atoms with Crippen LogP contribution < -0.4 is 11.5 Å². The van der Waals surface area contributed by atoms with Gasteiger partial charge in [0.25, 0.3) is 0 Å². The molecule has 112 valence electrons. The van der Waals surface area contributed by atoms with Crippen LogP contribution in [0.15, 0.2) is 40.7 Å². The summed E-state index contributed by atoms with van der Waals surface area (Å²) in [6.07, 6.45) is 3.30. The van der Waals surface area contributed by atoms with Gasteiger partial charge in [0.15, 0.2) is 4.96 Å². The SMILES string of the molecule is NC(N)=N/N=C\c1c(-c2ccc(Cl)cc2)nc2sc(Cl)cn12. The van der Waals surface area contributed by atoms with E-state index in [4.69, 9.17) is 34.7 Å². The van der Waals surface area contributed by atoms with Crippen LogP contribution in [0.4, 0.5) is 0 Å². The Labute approximate surface area is 139 Å². The molecule has 0 radical (unpaired) electrons. The third-order valence-electron chi connectivity index (χ3n) is 2.81. The van der Waals surface area contributed by atoms with Crippen molar-refractivity contribution in [1.82, 2.24) is 9.38 Å². The Morgan fingerprint density at radius 2 is 1.95 bits per heavy atom. The minimum absolute atomic E-state index is 0.117. The highest BCUT2D eigenvalue weighted by Crippen LogP contribution is 2.30. The zero-order chi connectivity index (χ0) is 15.7. The first-order chi connectivity index (χ1) is 10.5. The average molecular weight is 353 g/mol. The Bertz CT molecular complexity index is 874. The molecular formula is C13H10Cl2N6S. The molecule has 0 bridgehead atoms.